The molecule has 1 aromatic heterocycles. The van der Waals surface area contributed by atoms with Crippen LogP contribution in [0.2, 0.25) is 0 Å². The lowest BCUT2D eigenvalue weighted by molar-refractivity contribution is 0.305. The molecule has 0 aliphatic heterocycles. The highest BCUT2D eigenvalue weighted by Crippen LogP contribution is 2.16. The molecule has 4 heteroatoms. The van der Waals surface area contributed by atoms with Crippen LogP contribution in [0.1, 0.15) is 10.6 Å². The van der Waals surface area contributed by atoms with Gasteiger partial charge in [0.2, 0.25) is 0 Å². The van der Waals surface area contributed by atoms with E-state index in [-0.39, 0.29) is 0 Å². The van der Waals surface area contributed by atoms with Gasteiger partial charge in [0.25, 0.3) is 0 Å². The Morgan fingerprint density at radius 3 is 3.00 bits per heavy atom. The summed E-state index contributed by atoms with van der Waals surface area (Å²) in [6.45, 7) is 2.51. The first-order valence-corrected chi connectivity index (χ1v) is 5.51. The van der Waals surface area contributed by atoms with Gasteiger partial charge in [-0.25, -0.2) is 4.98 Å². The third-order valence-corrected chi connectivity index (χ3v) is 2.76. The van der Waals surface area contributed by atoms with E-state index in [4.69, 9.17) is 10.5 Å². The number of hydrogen-bond donors (Lipinski definition) is 1. The average Bonchev–Trinajstić information content (AvgIpc) is 2.62. The van der Waals surface area contributed by atoms with Gasteiger partial charge in [0.1, 0.15) is 23.2 Å². The van der Waals surface area contributed by atoms with E-state index in [9.17, 15) is 0 Å². The van der Waals surface area contributed by atoms with Gasteiger partial charge >= 0.3 is 0 Å². The number of nitrogen functional groups attached to an aromatic ring is 1. The van der Waals surface area contributed by atoms with E-state index >= 15 is 0 Å². The predicted molar refractivity (Wildman–Crippen MR) is 62.0 cm³/mol. The highest BCUT2D eigenvalue weighted by molar-refractivity contribution is 7.09. The first-order chi connectivity index (χ1) is 7.24. The first-order valence-electron chi connectivity index (χ1n) is 4.63. The van der Waals surface area contributed by atoms with Crippen LogP contribution in [-0.2, 0) is 6.61 Å². The molecule has 0 radical (unpaired) electrons. The largest absolute Gasteiger partial charge is 0.486 e. The maximum atomic E-state index is 5.58. The molecule has 0 bridgehead atoms. The van der Waals surface area contributed by atoms with Crippen LogP contribution in [0.25, 0.3) is 0 Å². The second-order valence-corrected chi connectivity index (χ2v) is 4.21. The molecule has 0 fully saturated rings. The van der Waals surface area contributed by atoms with Crippen LogP contribution >= 0.6 is 11.3 Å². The van der Waals surface area contributed by atoms with Crippen LogP contribution in [0.15, 0.2) is 29.6 Å². The number of benzene rings is 1. The van der Waals surface area contributed by atoms with Crippen LogP contribution in [0.4, 0.5) is 5.82 Å². The fourth-order valence-corrected chi connectivity index (χ4v) is 1.84. The van der Waals surface area contributed by atoms with E-state index < -0.39 is 0 Å². The number of nitrogens with two attached hydrogens (primary N) is 1. The van der Waals surface area contributed by atoms with Gasteiger partial charge in [0.05, 0.1) is 0 Å². The molecule has 0 atom stereocenters. The monoisotopic (exact) mass is 220 g/mol. The summed E-state index contributed by atoms with van der Waals surface area (Å²) in [5.74, 6) is 1.42. The van der Waals surface area contributed by atoms with Crippen molar-refractivity contribution in [2.45, 2.75) is 13.5 Å². The summed E-state index contributed by atoms with van der Waals surface area (Å²) < 4.78 is 5.58. The molecule has 0 spiro atoms. The Bertz CT molecular complexity index is 453. The Labute approximate surface area is 92.5 Å². The third-order valence-electron chi connectivity index (χ3n) is 1.92. The SMILES string of the molecule is Cc1cccc(OCc2nc(N)cs2)c1. The molecule has 0 aliphatic rings. The smallest absolute Gasteiger partial charge is 0.140 e. The molecular weight excluding hydrogens is 208 g/mol. The Kier molecular flexibility index (Phi) is 2.87. The van der Waals surface area contributed by atoms with Gasteiger partial charge in [0.15, 0.2) is 0 Å². The van der Waals surface area contributed by atoms with Crippen molar-refractivity contribution in [3.05, 3.63) is 40.2 Å². The van der Waals surface area contributed by atoms with Crippen molar-refractivity contribution in [1.29, 1.82) is 0 Å². The topological polar surface area (TPSA) is 48.1 Å². The molecule has 78 valence electrons. The zero-order chi connectivity index (χ0) is 10.7. The third kappa shape index (κ3) is 2.70. The summed E-state index contributed by atoms with van der Waals surface area (Å²) in [5.41, 5.74) is 6.70. The molecule has 0 saturated carbocycles. The minimum absolute atomic E-state index is 0.478. The number of rotatable bonds is 3. The van der Waals surface area contributed by atoms with Crippen molar-refractivity contribution >= 4 is 17.2 Å². The molecule has 0 saturated heterocycles. The number of ether oxygens (including phenoxy) is 1. The van der Waals surface area contributed by atoms with Crippen LogP contribution in [-0.4, -0.2) is 4.98 Å². The highest BCUT2D eigenvalue weighted by atomic mass is 32.1. The maximum absolute atomic E-state index is 5.58. The van der Waals surface area contributed by atoms with Crippen molar-refractivity contribution in [1.82, 2.24) is 4.98 Å². The van der Waals surface area contributed by atoms with E-state index in [2.05, 4.69) is 4.98 Å². The van der Waals surface area contributed by atoms with Crippen LogP contribution in [0.3, 0.4) is 0 Å². The quantitative estimate of drug-likeness (QED) is 0.865. The highest BCUT2D eigenvalue weighted by Gasteiger charge is 2.00. The van der Waals surface area contributed by atoms with Gasteiger partial charge in [-0.2, -0.15) is 0 Å². The van der Waals surface area contributed by atoms with Crippen molar-refractivity contribution in [3.8, 4) is 5.75 Å². The first kappa shape index (κ1) is 9.98. The molecule has 0 aliphatic carbocycles. The van der Waals surface area contributed by atoms with Gasteiger partial charge in [-0.15, -0.1) is 11.3 Å². The lowest BCUT2D eigenvalue weighted by atomic mass is 10.2. The van der Waals surface area contributed by atoms with Crippen molar-refractivity contribution in [3.63, 3.8) is 0 Å². The second kappa shape index (κ2) is 4.31. The van der Waals surface area contributed by atoms with Crippen LogP contribution in [0, 0.1) is 6.92 Å². The number of hydrogen-bond acceptors (Lipinski definition) is 4. The van der Waals surface area contributed by atoms with Crippen molar-refractivity contribution < 1.29 is 4.74 Å². The molecular formula is C11H12N2OS. The molecule has 0 unspecified atom stereocenters. The van der Waals surface area contributed by atoms with E-state index in [1.807, 2.05) is 36.6 Å². The number of aromatic nitrogens is 1. The molecule has 0 amide bonds. The zero-order valence-electron chi connectivity index (χ0n) is 8.43. The van der Waals surface area contributed by atoms with Crippen molar-refractivity contribution in [2.75, 3.05) is 5.73 Å². The van der Waals surface area contributed by atoms with Crippen molar-refractivity contribution in [2.24, 2.45) is 0 Å². The van der Waals surface area contributed by atoms with Gasteiger partial charge in [-0.3, -0.25) is 0 Å². The van der Waals surface area contributed by atoms with Gasteiger partial charge in [-0.05, 0) is 24.6 Å². The number of aryl methyl sites for hydroxylation is 1. The summed E-state index contributed by atoms with van der Waals surface area (Å²) in [5, 5.41) is 2.71. The molecule has 15 heavy (non-hydrogen) atoms. The Balaban J connectivity index is 1.99. The van der Waals surface area contributed by atoms with Crippen LogP contribution in [0.5, 0.6) is 5.75 Å². The lowest BCUT2D eigenvalue weighted by Gasteiger charge is -2.04. The summed E-state index contributed by atoms with van der Waals surface area (Å²) in [7, 11) is 0. The number of nitrogens with zero attached hydrogens (tertiary/aromatic N) is 1. The minimum Gasteiger partial charge on any atom is -0.486 e. The Morgan fingerprint density at radius 1 is 1.47 bits per heavy atom. The zero-order valence-corrected chi connectivity index (χ0v) is 9.25. The fourth-order valence-electron chi connectivity index (χ4n) is 1.24. The summed E-state index contributed by atoms with van der Waals surface area (Å²) in [6, 6.07) is 7.94. The molecule has 3 nitrogen and oxygen atoms in total. The second-order valence-electron chi connectivity index (χ2n) is 3.27. The Morgan fingerprint density at radius 2 is 2.33 bits per heavy atom. The lowest BCUT2D eigenvalue weighted by Crippen LogP contribution is -1.95. The van der Waals surface area contributed by atoms with E-state index in [0.29, 0.717) is 12.4 Å². The average molecular weight is 220 g/mol. The number of anilines is 1. The molecule has 2 N–H and O–H groups in total. The van der Waals surface area contributed by atoms with Gasteiger partial charge < -0.3 is 10.5 Å². The van der Waals surface area contributed by atoms with Gasteiger partial charge in [0, 0.05) is 5.38 Å². The van der Waals surface area contributed by atoms with E-state index in [1.165, 1.54) is 16.9 Å². The molecule has 2 rings (SSSR count). The minimum atomic E-state index is 0.478. The van der Waals surface area contributed by atoms with E-state index in [0.717, 1.165) is 10.8 Å². The van der Waals surface area contributed by atoms with Gasteiger partial charge in [-0.1, -0.05) is 12.1 Å². The molecule has 1 aromatic carbocycles. The predicted octanol–water partition coefficient (Wildman–Crippen LogP) is 2.61. The summed E-state index contributed by atoms with van der Waals surface area (Å²) >= 11 is 1.51. The Hall–Kier alpha value is -1.55. The standard InChI is InChI=1S/C11H12N2OS/c1-8-3-2-4-9(5-8)14-6-11-13-10(12)7-15-11/h2-5,7H,6,12H2,1H3. The van der Waals surface area contributed by atoms with E-state index in [1.54, 1.807) is 0 Å². The van der Waals surface area contributed by atoms with Crippen LogP contribution < -0.4 is 10.5 Å². The molecule has 1 heterocycles. The summed E-state index contributed by atoms with van der Waals surface area (Å²) in [6.07, 6.45) is 0. The normalized spacial score (nSPS) is 10.2. The molecule has 2 aromatic rings. The summed E-state index contributed by atoms with van der Waals surface area (Å²) in [4.78, 5) is 4.12. The fraction of sp³-hybridized carbons (Fsp3) is 0.182. The maximum Gasteiger partial charge on any atom is 0.140 e. The number of thiazole rings is 1.